The molecule has 0 saturated carbocycles. The van der Waals surface area contributed by atoms with Crippen molar-refractivity contribution in [1.29, 1.82) is 0 Å². The Balaban J connectivity index is 2.05. The van der Waals surface area contributed by atoms with Crippen molar-refractivity contribution in [2.75, 3.05) is 4.31 Å². The fourth-order valence-electron chi connectivity index (χ4n) is 2.21. The molecule has 0 amide bonds. The summed E-state index contributed by atoms with van der Waals surface area (Å²) in [4.78, 5) is 8.01. The molecule has 122 valence electrons. The molecule has 2 aromatic heterocycles. The number of sulfonamides is 1. The zero-order valence-corrected chi connectivity index (χ0v) is 14.2. The van der Waals surface area contributed by atoms with E-state index in [1.165, 1.54) is 22.6 Å². The maximum absolute atomic E-state index is 13.1. The quantitative estimate of drug-likeness (QED) is 0.654. The Bertz CT molecular complexity index is 902. The molecule has 0 fully saturated rings. The Kier molecular flexibility index (Phi) is 4.78. The van der Waals surface area contributed by atoms with Crippen molar-refractivity contribution < 1.29 is 8.42 Å². The van der Waals surface area contributed by atoms with E-state index in [2.05, 4.69) is 9.97 Å². The van der Waals surface area contributed by atoms with Gasteiger partial charge in [0.25, 0.3) is 10.0 Å². The van der Waals surface area contributed by atoms with Gasteiger partial charge in [0.05, 0.1) is 12.2 Å². The van der Waals surface area contributed by atoms with Crippen LogP contribution >= 0.6 is 11.6 Å². The minimum absolute atomic E-state index is 0.0830. The van der Waals surface area contributed by atoms with Crippen molar-refractivity contribution in [2.45, 2.75) is 11.4 Å². The predicted octanol–water partition coefficient (Wildman–Crippen LogP) is 3.53. The summed E-state index contributed by atoms with van der Waals surface area (Å²) in [6.07, 6.45) is 4.55. The van der Waals surface area contributed by atoms with E-state index >= 15 is 0 Å². The second kappa shape index (κ2) is 6.98. The van der Waals surface area contributed by atoms with Crippen molar-refractivity contribution in [3.8, 4) is 0 Å². The highest BCUT2D eigenvalue weighted by Crippen LogP contribution is 2.25. The molecule has 0 spiro atoms. The number of nitrogens with zero attached hydrogens (tertiary/aromatic N) is 3. The summed E-state index contributed by atoms with van der Waals surface area (Å²) in [5, 5.41) is 0.243. The van der Waals surface area contributed by atoms with Crippen LogP contribution in [0.3, 0.4) is 0 Å². The van der Waals surface area contributed by atoms with Crippen LogP contribution in [0.5, 0.6) is 0 Å². The second-order valence-corrected chi connectivity index (χ2v) is 7.27. The molecule has 0 aliphatic heterocycles. The number of halogens is 1. The predicted molar refractivity (Wildman–Crippen MR) is 93.3 cm³/mol. The van der Waals surface area contributed by atoms with Crippen LogP contribution in [0.1, 0.15) is 5.56 Å². The molecule has 0 radical (unpaired) electrons. The molecule has 2 heterocycles. The highest BCUT2D eigenvalue weighted by molar-refractivity contribution is 7.92. The van der Waals surface area contributed by atoms with Gasteiger partial charge in [-0.3, -0.25) is 9.29 Å². The number of rotatable bonds is 5. The summed E-state index contributed by atoms with van der Waals surface area (Å²) in [5.74, 6) is 0. The fourth-order valence-corrected chi connectivity index (χ4v) is 3.72. The van der Waals surface area contributed by atoms with Gasteiger partial charge in [-0.2, -0.15) is 0 Å². The summed E-state index contributed by atoms with van der Waals surface area (Å²) >= 11 is 5.76. The topological polar surface area (TPSA) is 63.2 Å². The number of hydrogen-bond acceptors (Lipinski definition) is 4. The van der Waals surface area contributed by atoms with Crippen LogP contribution in [0.25, 0.3) is 0 Å². The van der Waals surface area contributed by atoms with Crippen molar-refractivity contribution in [3.05, 3.63) is 83.9 Å². The third-order valence-corrected chi connectivity index (χ3v) is 5.36. The van der Waals surface area contributed by atoms with E-state index in [4.69, 9.17) is 11.6 Å². The average Bonchev–Trinajstić information content (AvgIpc) is 2.61. The van der Waals surface area contributed by atoms with Crippen molar-refractivity contribution >= 4 is 27.3 Å². The zero-order chi connectivity index (χ0) is 17.0. The lowest BCUT2D eigenvalue weighted by Crippen LogP contribution is -2.30. The SMILES string of the molecule is O=S(=O)(c1ccc(Cl)nc1)N(Cc1cccnc1)c1ccccc1. The number of anilines is 1. The minimum Gasteiger partial charge on any atom is -0.264 e. The molecule has 0 bridgehead atoms. The Hall–Kier alpha value is -2.44. The van der Waals surface area contributed by atoms with Crippen LogP contribution in [0.4, 0.5) is 5.69 Å². The molecule has 1 aromatic carbocycles. The highest BCUT2D eigenvalue weighted by atomic mass is 35.5. The number of hydrogen-bond donors (Lipinski definition) is 0. The Morgan fingerprint density at radius 3 is 2.38 bits per heavy atom. The summed E-state index contributed by atoms with van der Waals surface area (Å²) in [6.45, 7) is 0.169. The average molecular weight is 360 g/mol. The monoisotopic (exact) mass is 359 g/mol. The number of aromatic nitrogens is 2. The number of pyridine rings is 2. The summed E-state index contributed by atoms with van der Waals surface area (Å²) in [5.41, 5.74) is 1.35. The van der Waals surface area contributed by atoms with Crippen LogP contribution in [-0.4, -0.2) is 18.4 Å². The van der Waals surface area contributed by atoms with Crippen LogP contribution in [0.2, 0.25) is 5.15 Å². The van der Waals surface area contributed by atoms with E-state index < -0.39 is 10.0 Å². The van der Waals surface area contributed by atoms with Crippen LogP contribution in [-0.2, 0) is 16.6 Å². The third-order valence-electron chi connectivity index (χ3n) is 3.38. The van der Waals surface area contributed by atoms with Crippen molar-refractivity contribution in [2.24, 2.45) is 0 Å². The van der Waals surface area contributed by atoms with Gasteiger partial charge in [0.2, 0.25) is 0 Å². The van der Waals surface area contributed by atoms with Gasteiger partial charge in [0.1, 0.15) is 10.0 Å². The second-order valence-electron chi connectivity index (χ2n) is 5.03. The largest absolute Gasteiger partial charge is 0.266 e. The highest BCUT2D eigenvalue weighted by Gasteiger charge is 2.25. The molecule has 0 aliphatic rings. The molecule has 0 atom stereocenters. The fraction of sp³-hybridized carbons (Fsp3) is 0.0588. The first-order chi connectivity index (χ1) is 11.6. The molecule has 5 nitrogen and oxygen atoms in total. The van der Waals surface area contributed by atoms with Gasteiger partial charge in [0, 0.05) is 18.6 Å². The molecule has 3 rings (SSSR count). The van der Waals surface area contributed by atoms with E-state index in [1.807, 2.05) is 12.1 Å². The van der Waals surface area contributed by atoms with Crippen LogP contribution < -0.4 is 4.31 Å². The van der Waals surface area contributed by atoms with Crippen molar-refractivity contribution in [3.63, 3.8) is 0 Å². The van der Waals surface area contributed by atoms with Crippen LogP contribution in [0, 0.1) is 0 Å². The summed E-state index contributed by atoms with van der Waals surface area (Å²) in [7, 11) is -3.78. The van der Waals surface area contributed by atoms with Gasteiger partial charge in [-0.15, -0.1) is 0 Å². The molecule has 0 saturated heterocycles. The minimum atomic E-state index is -3.78. The van der Waals surface area contributed by atoms with E-state index in [9.17, 15) is 8.42 Å². The molecule has 3 aromatic rings. The number of para-hydroxylation sites is 1. The first-order valence-corrected chi connectivity index (χ1v) is 8.97. The first-order valence-electron chi connectivity index (χ1n) is 7.15. The van der Waals surface area contributed by atoms with Crippen molar-refractivity contribution in [1.82, 2.24) is 9.97 Å². The summed E-state index contributed by atoms with van der Waals surface area (Å²) < 4.78 is 27.5. The van der Waals surface area contributed by atoms with Crippen LogP contribution in [0.15, 0.2) is 78.1 Å². The summed E-state index contributed by atoms with van der Waals surface area (Å²) in [6, 6.07) is 15.4. The molecule has 0 aliphatic carbocycles. The van der Waals surface area contributed by atoms with Gasteiger partial charge >= 0.3 is 0 Å². The van der Waals surface area contributed by atoms with Gasteiger partial charge in [0.15, 0.2) is 0 Å². The normalized spacial score (nSPS) is 11.2. The van der Waals surface area contributed by atoms with Gasteiger partial charge in [-0.05, 0) is 35.9 Å². The lowest BCUT2D eigenvalue weighted by Gasteiger charge is -2.24. The molecule has 7 heteroatoms. The maximum Gasteiger partial charge on any atom is 0.266 e. The lowest BCUT2D eigenvalue weighted by atomic mass is 10.2. The Labute approximate surface area is 145 Å². The van der Waals surface area contributed by atoms with Gasteiger partial charge in [-0.25, -0.2) is 13.4 Å². The lowest BCUT2D eigenvalue weighted by molar-refractivity contribution is 0.590. The first kappa shape index (κ1) is 16.4. The molecule has 0 unspecified atom stereocenters. The maximum atomic E-state index is 13.1. The molecule has 24 heavy (non-hydrogen) atoms. The number of benzene rings is 1. The van der Waals surface area contributed by atoms with E-state index in [1.54, 1.807) is 42.7 Å². The molecular weight excluding hydrogens is 346 g/mol. The Morgan fingerprint density at radius 2 is 1.75 bits per heavy atom. The smallest absolute Gasteiger partial charge is 0.264 e. The Morgan fingerprint density at radius 1 is 0.958 bits per heavy atom. The standard InChI is InChI=1S/C17H14ClN3O2S/c18-17-9-8-16(12-20-17)24(22,23)21(15-6-2-1-3-7-15)13-14-5-4-10-19-11-14/h1-12H,13H2. The van der Waals surface area contributed by atoms with E-state index in [0.29, 0.717) is 5.69 Å². The molecular formula is C17H14ClN3O2S. The van der Waals surface area contributed by atoms with Gasteiger partial charge < -0.3 is 0 Å². The molecule has 0 N–H and O–H groups in total. The third kappa shape index (κ3) is 3.55. The van der Waals surface area contributed by atoms with Gasteiger partial charge in [-0.1, -0.05) is 35.9 Å². The zero-order valence-electron chi connectivity index (χ0n) is 12.6. The van der Waals surface area contributed by atoms with E-state index in [-0.39, 0.29) is 16.6 Å². The van der Waals surface area contributed by atoms with E-state index in [0.717, 1.165) is 5.56 Å².